The molecule has 162 valence electrons. The number of likely N-dealkylation sites (tertiary alicyclic amines) is 1. The normalized spacial score (nSPS) is 15.8. The number of hydrogen-bond donors (Lipinski definition) is 1. The van der Waals surface area contributed by atoms with Gasteiger partial charge in [-0.05, 0) is 55.3 Å². The Bertz CT molecular complexity index is 1270. The SMILES string of the molecule is O=C(c1ccnc(Cl)c1)N1CCC(O)(Cn2ccc3nc(-c4ccncc4)ccc32)CC1. The maximum Gasteiger partial charge on any atom is 0.254 e. The molecule has 0 aromatic carbocycles. The smallest absolute Gasteiger partial charge is 0.254 e. The van der Waals surface area contributed by atoms with Gasteiger partial charge in [0.15, 0.2) is 0 Å². The number of carbonyl (C=O) groups is 1. The second-order valence-electron chi connectivity index (χ2n) is 8.16. The maximum absolute atomic E-state index is 12.7. The van der Waals surface area contributed by atoms with Crippen molar-refractivity contribution in [2.75, 3.05) is 13.1 Å². The first-order valence-corrected chi connectivity index (χ1v) is 10.9. The maximum atomic E-state index is 12.7. The van der Waals surface area contributed by atoms with Crippen LogP contribution < -0.4 is 0 Å². The van der Waals surface area contributed by atoms with Crippen LogP contribution in [0.15, 0.2) is 67.3 Å². The highest BCUT2D eigenvalue weighted by Crippen LogP contribution is 2.28. The summed E-state index contributed by atoms with van der Waals surface area (Å²) in [6.07, 6.45) is 7.99. The van der Waals surface area contributed by atoms with Gasteiger partial charge in [0.05, 0.1) is 28.9 Å². The van der Waals surface area contributed by atoms with Crippen LogP contribution in [0.1, 0.15) is 23.2 Å². The van der Waals surface area contributed by atoms with Gasteiger partial charge in [0, 0.05) is 49.0 Å². The average molecular weight is 448 g/mol. The van der Waals surface area contributed by atoms with Crippen LogP contribution in [0.5, 0.6) is 0 Å². The number of aliphatic hydroxyl groups is 1. The molecule has 32 heavy (non-hydrogen) atoms. The van der Waals surface area contributed by atoms with Gasteiger partial charge in [-0.15, -0.1) is 0 Å². The van der Waals surface area contributed by atoms with Gasteiger partial charge in [-0.25, -0.2) is 9.97 Å². The van der Waals surface area contributed by atoms with Crippen LogP contribution in [-0.4, -0.2) is 54.1 Å². The first kappa shape index (κ1) is 20.6. The molecule has 0 bridgehead atoms. The topological polar surface area (TPSA) is 84.1 Å². The number of amides is 1. The van der Waals surface area contributed by atoms with Crippen molar-refractivity contribution in [3.8, 4) is 11.3 Å². The van der Waals surface area contributed by atoms with E-state index in [0.717, 1.165) is 22.3 Å². The lowest BCUT2D eigenvalue weighted by molar-refractivity contribution is -0.0283. The number of aromatic nitrogens is 4. The molecule has 0 unspecified atom stereocenters. The van der Waals surface area contributed by atoms with Gasteiger partial charge < -0.3 is 14.6 Å². The number of rotatable bonds is 4. The quantitative estimate of drug-likeness (QED) is 0.481. The Morgan fingerprint density at radius 2 is 1.84 bits per heavy atom. The first-order valence-electron chi connectivity index (χ1n) is 10.5. The molecule has 1 saturated heterocycles. The fourth-order valence-electron chi connectivity index (χ4n) is 4.21. The van der Waals surface area contributed by atoms with Crippen molar-refractivity contribution >= 4 is 28.5 Å². The molecule has 7 nitrogen and oxygen atoms in total. The standard InChI is InChI=1S/C24H22ClN5O2/c25-22-15-18(5-11-27-22)23(31)29-13-7-24(32,8-14-29)16-30-12-6-20-21(30)2-1-19(28-20)17-3-9-26-10-4-17/h1-6,9-12,15,32H,7-8,13-14,16H2. The van der Waals surface area contributed by atoms with Gasteiger partial charge in [-0.2, -0.15) is 0 Å². The lowest BCUT2D eigenvalue weighted by Crippen LogP contribution is -2.48. The van der Waals surface area contributed by atoms with Crippen molar-refractivity contribution in [3.63, 3.8) is 0 Å². The number of fused-ring (bicyclic) bond motifs is 1. The van der Waals surface area contributed by atoms with E-state index in [9.17, 15) is 9.90 Å². The summed E-state index contributed by atoms with van der Waals surface area (Å²) in [4.78, 5) is 27.2. The van der Waals surface area contributed by atoms with Gasteiger partial charge >= 0.3 is 0 Å². The molecule has 8 heteroatoms. The van der Waals surface area contributed by atoms with Crippen molar-refractivity contribution in [2.45, 2.75) is 25.0 Å². The molecule has 5 heterocycles. The van der Waals surface area contributed by atoms with Crippen molar-refractivity contribution in [1.29, 1.82) is 0 Å². The minimum absolute atomic E-state index is 0.0874. The van der Waals surface area contributed by atoms with E-state index in [1.807, 2.05) is 41.1 Å². The van der Waals surface area contributed by atoms with Crippen molar-refractivity contribution in [1.82, 2.24) is 24.4 Å². The Morgan fingerprint density at radius 1 is 1.06 bits per heavy atom. The number of pyridine rings is 3. The molecule has 1 fully saturated rings. The van der Waals surface area contributed by atoms with Crippen LogP contribution >= 0.6 is 11.6 Å². The van der Waals surface area contributed by atoms with Gasteiger partial charge in [-0.3, -0.25) is 9.78 Å². The van der Waals surface area contributed by atoms with E-state index < -0.39 is 5.60 Å². The fourth-order valence-corrected chi connectivity index (χ4v) is 4.39. The highest BCUT2D eigenvalue weighted by molar-refractivity contribution is 6.29. The number of carbonyl (C=O) groups excluding carboxylic acids is 1. The molecule has 0 atom stereocenters. The Kier molecular flexibility index (Phi) is 5.36. The van der Waals surface area contributed by atoms with Gasteiger partial charge in [0.25, 0.3) is 5.91 Å². The van der Waals surface area contributed by atoms with E-state index >= 15 is 0 Å². The van der Waals surface area contributed by atoms with Crippen LogP contribution in [0.2, 0.25) is 5.15 Å². The summed E-state index contributed by atoms with van der Waals surface area (Å²) in [6.45, 7) is 1.42. The van der Waals surface area contributed by atoms with Crippen LogP contribution in [0.4, 0.5) is 0 Å². The highest BCUT2D eigenvalue weighted by atomic mass is 35.5. The zero-order valence-electron chi connectivity index (χ0n) is 17.4. The van der Waals surface area contributed by atoms with E-state index in [4.69, 9.17) is 16.6 Å². The third kappa shape index (κ3) is 4.09. The molecule has 0 saturated carbocycles. The van der Waals surface area contributed by atoms with Crippen LogP contribution in [0.3, 0.4) is 0 Å². The zero-order chi connectivity index (χ0) is 22.1. The second-order valence-corrected chi connectivity index (χ2v) is 8.55. The molecule has 1 N–H and O–H groups in total. The summed E-state index contributed by atoms with van der Waals surface area (Å²) >= 11 is 5.91. The molecule has 5 rings (SSSR count). The Labute approximate surface area is 190 Å². The Balaban J connectivity index is 1.29. The van der Waals surface area contributed by atoms with E-state index in [-0.39, 0.29) is 5.91 Å². The monoisotopic (exact) mass is 447 g/mol. The van der Waals surface area contributed by atoms with E-state index in [0.29, 0.717) is 43.2 Å². The number of halogens is 1. The molecule has 0 aliphatic carbocycles. The van der Waals surface area contributed by atoms with Crippen molar-refractivity contribution < 1.29 is 9.90 Å². The fraction of sp³-hybridized carbons (Fsp3) is 0.250. The second kappa shape index (κ2) is 8.33. The van der Waals surface area contributed by atoms with Crippen LogP contribution in [0, 0.1) is 0 Å². The summed E-state index contributed by atoms with van der Waals surface area (Å²) in [5, 5.41) is 11.5. The summed E-state index contributed by atoms with van der Waals surface area (Å²) in [7, 11) is 0. The summed E-state index contributed by atoms with van der Waals surface area (Å²) in [5.41, 5.74) is 3.39. The first-order chi connectivity index (χ1) is 15.5. The predicted octanol–water partition coefficient (Wildman–Crippen LogP) is 3.81. The summed E-state index contributed by atoms with van der Waals surface area (Å²) in [6, 6.07) is 13.1. The highest BCUT2D eigenvalue weighted by Gasteiger charge is 2.34. The van der Waals surface area contributed by atoms with E-state index in [2.05, 4.69) is 9.97 Å². The Hall–Kier alpha value is -3.29. The van der Waals surface area contributed by atoms with Gasteiger partial charge in [-0.1, -0.05) is 11.6 Å². The molecule has 4 aromatic rings. The molecule has 4 aromatic heterocycles. The van der Waals surface area contributed by atoms with Crippen LogP contribution in [-0.2, 0) is 6.54 Å². The minimum atomic E-state index is -0.887. The van der Waals surface area contributed by atoms with E-state index in [1.54, 1.807) is 29.4 Å². The number of nitrogens with zero attached hydrogens (tertiary/aromatic N) is 5. The number of hydrogen-bond acceptors (Lipinski definition) is 5. The zero-order valence-corrected chi connectivity index (χ0v) is 18.1. The van der Waals surface area contributed by atoms with Gasteiger partial charge in [0.2, 0.25) is 0 Å². The summed E-state index contributed by atoms with van der Waals surface area (Å²) in [5.74, 6) is -0.0874. The van der Waals surface area contributed by atoms with Crippen molar-refractivity contribution in [2.24, 2.45) is 0 Å². The molecule has 1 aliphatic heterocycles. The predicted molar refractivity (Wildman–Crippen MR) is 122 cm³/mol. The van der Waals surface area contributed by atoms with Crippen molar-refractivity contribution in [3.05, 3.63) is 78.0 Å². The Morgan fingerprint density at radius 3 is 2.59 bits per heavy atom. The molecular weight excluding hydrogens is 426 g/mol. The van der Waals surface area contributed by atoms with E-state index in [1.165, 1.54) is 6.20 Å². The summed E-state index contributed by atoms with van der Waals surface area (Å²) < 4.78 is 2.04. The molecule has 1 aliphatic rings. The number of piperidine rings is 1. The molecule has 0 radical (unpaired) electrons. The lowest BCUT2D eigenvalue weighted by atomic mass is 9.91. The third-order valence-corrected chi connectivity index (χ3v) is 6.23. The van der Waals surface area contributed by atoms with Gasteiger partial charge in [0.1, 0.15) is 5.15 Å². The molecular formula is C24H22ClN5O2. The molecule has 0 spiro atoms. The lowest BCUT2D eigenvalue weighted by Gasteiger charge is -2.38. The largest absolute Gasteiger partial charge is 0.388 e. The minimum Gasteiger partial charge on any atom is -0.388 e. The molecule has 1 amide bonds. The van der Waals surface area contributed by atoms with Crippen LogP contribution in [0.25, 0.3) is 22.3 Å². The average Bonchev–Trinajstić information content (AvgIpc) is 3.21. The third-order valence-electron chi connectivity index (χ3n) is 6.02.